The lowest BCUT2D eigenvalue weighted by molar-refractivity contribution is 0.0600. The molecular formula is C32H31ClN2O4S. The van der Waals surface area contributed by atoms with Gasteiger partial charge in [-0.2, -0.15) is 0 Å². The number of aliphatic imine (C=N–C) groups is 1. The van der Waals surface area contributed by atoms with Gasteiger partial charge in [-0.3, -0.25) is 4.79 Å². The van der Waals surface area contributed by atoms with Gasteiger partial charge in [0.05, 0.1) is 24.5 Å². The topological polar surface area (TPSA) is 80.9 Å². The van der Waals surface area contributed by atoms with Crippen LogP contribution in [0.2, 0.25) is 5.02 Å². The molecule has 0 aliphatic heterocycles. The SMILES string of the molecule is COC(=O)c1ccc(-c2ccc(C=Nc3sc4c(c3C(=O)Nc3ccc(Cl)cc3)CC[C@H](C(C)(C)C)C4)o2)cc1. The number of nitrogens with zero attached hydrogens (tertiary/aromatic N) is 1. The van der Waals surface area contributed by atoms with Crippen molar-refractivity contribution < 1.29 is 18.7 Å². The van der Waals surface area contributed by atoms with Gasteiger partial charge in [-0.15, -0.1) is 11.3 Å². The molecule has 0 fully saturated rings. The monoisotopic (exact) mass is 574 g/mol. The number of benzene rings is 2. The van der Waals surface area contributed by atoms with Gasteiger partial charge in [0.1, 0.15) is 16.5 Å². The number of fused-ring (bicyclic) bond motifs is 1. The minimum Gasteiger partial charge on any atom is -0.465 e. The number of hydrogen-bond acceptors (Lipinski definition) is 6. The van der Waals surface area contributed by atoms with E-state index in [1.165, 1.54) is 12.0 Å². The van der Waals surface area contributed by atoms with E-state index in [0.717, 1.165) is 30.4 Å². The Morgan fingerprint density at radius 2 is 1.80 bits per heavy atom. The van der Waals surface area contributed by atoms with Crippen LogP contribution in [0.15, 0.2) is 70.1 Å². The summed E-state index contributed by atoms with van der Waals surface area (Å²) in [7, 11) is 1.36. The standard InChI is InChI=1S/C32H31ClN2O4S/c1-32(2,3)21-9-15-25-27(17-21)40-30(28(25)29(36)35-23-12-10-22(33)11-13-23)34-18-24-14-16-26(39-24)19-5-7-20(8-6-19)31(37)38-4/h5-8,10-14,16,18,21H,9,15,17H2,1-4H3,(H,35,36)/t21-/m0/s1. The predicted octanol–water partition coefficient (Wildman–Crippen LogP) is 8.60. The number of amides is 1. The number of nitrogens with one attached hydrogen (secondary N) is 1. The summed E-state index contributed by atoms with van der Waals surface area (Å²) >= 11 is 7.61. The molecule has 1 amide bonds. The van der Waals surface area contributed by atoms with E-state index in [4.69, 9.17) is 25.7 Å². The van der Waals surface area contributed by atoms with Crippen LogP contribution < -0.4 is 5.32 Å². The molecule has 1 atom stereocenters. The van der Waals surface area contributed by atoms with E-state index in [1.54, 1.807) is 53.9 Å². The number of rotatable bonds is 6. The molecule has 2 aromatic heterocycles. The zero-order valence-corrected chi connectivity index (χ0v) is 24.5. The van der Waals surface area contributed by atoms with Crippen molar-refractivity contribution in [2.45, 2.75) is 40.0 Å². The molecule has 8 heteroatoms. The number of thiophene rings is 1. The third-order valence-electron chi connectivity index (χ3n) is 7.33. The normalized spacial score (nSPS) is 15.2. The average molecular weight is 575 g/mol. The first-order valence-corrected chi connectivity index (χ1v) is 14.4. The van der Waals surface area contributed by atoms with E-state index in [9.17, 15) is 9.59 Å². The summed E-state index contributed by atoms with van der Waals surface area (Å²) in [6.45, 7) is 6.84. The molecule has 4 aromatic rings. The predicted molar refractivity (Wildman–Crippen MR) is 161 cm³/mol. The second-order valence-electron chi connectivity index (χ2n) is 11.0. The van der Waals surface area contributed by atoms with Crippen LogP contribution in [0.5, 0.6) is 0 Å². The number of hydrogen-bond donors (Lipinski definition) is 1. The largest absolute Gasteiger partial charge is 0.465 e. The van der Waals surface area contributed by atoms with Crippen LogP contribution >= 0.6 is 22.9 Å². The molecule has 0 radical (unpaired) electrons. The number of halogens is 1. The van der Waals surface area contributed by atoms with Crippen molar-refractivity contribution in [3.8, 4) is 11.3 Å². The van der Waals surface area contributed by atoms with Gasteiger partial charge >= 0.3 is 5.97 Å². The van der Waals surface area contributed by atoms with Gasteiger partial charge in [-0.25, -0.2) is 9.79 Å². The van der Waals surface area contributed by atoms with Gasteiger partial charge in [-0.1, -0.05) is 44.5 Å². The zero-order chi connectivity index (χ0) is 28.4. The van der Waals surface area contributed by atoms with Crippen LogP contribution in [0.1, 0.15) is 64.1 Å². The number of anilines is 1. The third kappa shape index (κ3) is 6.06. The number of furan rings is 1. The van der Waals surface area contributed by atoms with Crippen molar-refractivity contribution in [2.24, 2.45) is 16.3 Å². The summed E-state index contributed by atoms with van der Waals surface area (Å²) in [5.41, 5.74) is 3.89. The fraction of sp³-hybridized carbons (Fsp3) is 0.281. The maximum atomic E-state index is 13.6. The first-order chi connectivity index (χ1) is 19.1. The van der Waals surface area contributed by atoms with Crippen LogP contribution in [-0.4, -0.2) is 25.2 Å². The molecule has 0 unspecified atom stereocenters. The first-order valence-electron chi connectivity index (χ1n) is 13.2. The van der Waals surface area contributed by atoms with E-state index < -0.39 is 0 Å². The molecule has 1 aliphatic carbocycles. The second-order valence-corrected chi connectivity index (χ2v) is 12.5. The quantitative estimate of drug-likeness (QED) is 0.185. The Hall–Kier alpha value is -3.68. The van der Waals surface area contributed by atoms with E-state index >= 15 is 0 Å². The lowest BCUT2D eigenvalue weighted by Gasteiger charge is -2.33. The van der Waals surface area contributed by atoms with E-state index in [1.807, 2.05) is 24.3 Å². The Labute approximate surface area is 243 Å². The highest BCUT2D eigenvalue weighted by Gasteiger charge is 2.33. The molecule has 1 N–H and O–H groups in total. The highest BCUT2D eigenvalue weighted by molar-refractivity contribution is 7.16. The average Bonchev–Trinajstić information content (AvgIpc) is 3.56. The molecule has 2 aromatic carbocycles. The first kappa shape index (κ1) is 27.9. The van der Waals surface area contributed by atoms with Gasteiger partial charge in [0.15, 0.2) is 0 Å². The zero-order valence-electron chi connectivity index (χ0n) is 22.9. The number of carbonyl (C=O) groups excluding carboxylic acids is 2. The number of methoxy groups -OCH3 is 1. The van der Waals surface area contributed by atoms with Gasteiger partial charge in [0.25, 0.3) is 5.91 Å². The van der Waals surface area contributed by atoms with E-state index in [0.29, 0.717) is 44.3 Å². The maximum absolute atomic E-state index is 13.6. The maximum Gasteiger partial charge on any atom is 0.337 e. The van der Waals surface area contributed by atoms with Crippen molar-refractivity contribution in [1.29, 1.82) is 0 Å². The summed E-state index contributed by atoms with van der Waals surface area (Å²) in [5, 5.41) is 4.31. The molecular weight excluding hydrogens is 544 g/mol. The van der Waals surface area contributed by atoms with E-state index in [-0.39, 0.29) is 17.3 Å². The van der Waals surface area contributed by atoms with Gasteiger partial charge in [0.2, 0.25) is 0 Å². The lowest BCUT2D eigenvalue weighted by atomic mass is 9.72. The molecule has 206 valence electrons. The summed E-state index contributed by atoms with van der Waals surface area (Å²) in [6, 6.07) is 17.8. The summed E-state index contributed by atoms with van der Waals surface area (Å²) < 4.78 is 10.8. The Balaban J connectivity index is 1.43. The minimum absolute atomic E-state index is 0.174. The Kier molecular flexibility index (Phi) is 7.97. The highest BCUT2D eigenvalue weighted by Crippen LogP contribution is 2.45. The van der Waals surface area contributed by atoms with Gasteiger partial charge < -0.3 is 14.5 Å². The fourth-order valence-corrected chi connectivity index (χ4v) is 6.35. The Bertz CT molecular complexity index is 1560. The molecule has 5 rings (SSSR count). The van der Waals surface area contributed by atoms with Crippen molar-refractivity contribution in [3.05, 3.63) is 93.0 Å². The van der Waals surface area contributed by atoms with Gasteiger partial charge in [-0.05, 0) is 84.7 Å². The molecule has 6 nitrogen and oxygen atoms in total. The minimum atomic E-state index is -0.387. The van der Waals surface area contributed by atoms with Crippen molar-refractivity contribution >= 4 is 51.7 Å². The van der Waals surface area contributed by atoms with Crippen LogP contribution in [0.25, 0.3) is 11.3 Å². The Morgan fingerprint density at radius 1 is 1.07 bits per heavy atom. The molecule has 0 saturated heterocycles. The third-order valence-corrected chi connectivity index (χ3v) is 8.74. The fourth-order valence-electron chi connectivity index (χ4n) is 4.95. The summed E-state index contributed by atoms with van der Waals surface area (Å²) in [4.78, 5) is 31.3. The van der Waals surface area contributed by atoms with Crippen molar-refractivity contribution in [2.75, 3.05) is 12.4 Å². The lowest BCUT2D eigenvalue weighted by Crippen LogP contribution is -2.27. The molecule has 0 bridgehead atoms. The van der Waals surface area contributed by atoms with Crippen LogP contribution in [0, 0.1) is 11.3 Å². The number of carbonyl (C=O) groups is 2. The molecule has 0 spiro atoms. The van der Waals surface area contributed by atoms with E-state index in [2.05, 4.69) is 26.1 Å². The van der Waals surface area contributed by atoms with Crippen molar-refractivity contribution in [3.63, 3.8) is 0 Å². The number of ether oxygens (including phenoxy) is 1. The van der Waals surface area contributed by atoms with Crippen LogP contribution in [-0.2, 0) is 17.6 Å². The van der Waals surface area contributed by atoms with Gasteiger partial charge in [0, 0.05) is 21.2 Å². The van der Waals surface area contributed by atoms with Crippen molar-refractivity contribution in [1.82, 2.24) is 0 Å². The highest BCUT2D eigenvalue weighted by atomic mass is 35.5. The number of esters is 1. The Morgan fingerprint density at radius 3 is 2.48 bits per heavy atom. The molecule has 40 heavy (non-hydrogen) atoms. The van der Waals surface area contributed by atoms with Crippen LogP contribution in [0.4, 0.5) is 10.7 Å². The molecule has 1 aliphatic rings. The van der Waals surface area contributed by atoms with Crippen LogP contribution in [0.3, 0.4) is 0 Å². The second kappa shape index (κ2) is 11.4. The summed E-state index contributed by atoms with van der Waals surface area (Å²) in [5.74, 6) is 1.20. The summed E-state index contributed by atoms with van der Waals surface area (Å²) in [6.07, 6.45) is 4.48. The smallest absolute Gasteiger partial charge is 0.337 e. The molecule has 2 heterocycles. The molecule has 0 saturated carbocycles.